The predicted molar refractivity (Wildman–Crippen MR) is 97.9 cm³/mol. The molecule has 0 unspecified atom stereocenters. The van der Waals surface area contributed by atoms with Crippen LogP contribution in [0, 0.1) is 24.0 Å². The molecule has 0 aliphatic rings. The van der Waals surface area contributed by atoms with Crippen LogP contribution in [-0.2, 0) is 4.79 Å². The van der Waals surface area contributed by atoms with Gasteiger partial charge in [-0.15, -0.1) is 0 Å². The number of carbonyl (C=O) groups is 1. The molecule has 0 saturated heterocycles. The highest BCUT2D eigenvalue weighted by Crippen LogP contribution is 2.24. The molecule has 0 saturated carbocycles. The van der Waals surface area contributed by atoms with Gasteiger partial charge in [0.05, 0.1) is 15.6 Å². The molecule has 0 aromatic heterocycles. The van der Waals surface area contributed by atoms with Crippen molar-refractivity contribution in [1.82, 2.24) is 5.43 Å². The normalized spacial score (nSPS) is 10.7. The van der Waals surface area contributed by atoms with Gasteiger partial charge in [-0.05, 0) is 59.1 Å². The largest absolute Gasteiger partial charge is 0.484 e. The van der Waals surface area contributed by atoms with Gasteiger partial charge in [0, 0.05) is 11.6 Å². The Morgan fingerprint density at radius 2 is 2.04 bits per heavy atom. The van der Waals surface area contributed by atoms with Gasteiger partial charge in [0.25, 0.3) is 11.6 Å². The van der Waals surface area contributed by atoms with Crippen LogP contribution < -0.4 is 10.2 Å². The number of aryl methyl sites for hydroxylation is 2. The zero-order chi connectivity index (χ0) is 18.4. The molecule has 0 spiro atoms. The number of carbonyl (C=O) groups excluding carboxylic acids is 1. The van der Waals surface area contributed by atoms with Crippen molar-refractivity contribution in [2.45, 2.75) is 13.8 Å². The smallest absolute Gasteiger partial charge is 0.284 e. The lowest BCUT2D eigenvalue weighted by molar-refractivity contribution is -0.385. The second kappa shape index (κ2) is 8.39. The van der Waals surface area contributed by atoms with Crippen molar-refractivity contribution >= 4 is 33.7 Å². The maximum Gasteiger partial charge on any atom is 0.284 e. The van der Waals surface area contributed by atoms with Crippen LogP contribution in [-0.4, -0.2) is 23.7 Å². The molecule has 8 heteroatoms. The van der Waals surface area contributed by atoms with E-state index < -0.39 is 10.8 Å². The number of nitrogens with one attached hydrogen (secondary N) is 1. The molecule has 2 aromatic carbocycles. The van der Waals surface area contributed by atoms with E-state index in [0.717, 1.165) is 11.1 Å². The van der Waals surface area contributed by atoms with Crippen molar-refractivity contribution < 1.29 is 14.5 Å². The Hall–Kier alpha value is -2.74. The zero-order valence-corrected chi connectivity index (χ0v) is 15.2. The Bertz CT molecular complexity index is 837. The highest BCUT2D eigenvalue weighted by Gasteiger charge is 2.11. The van der Waals surface area contributed by atoms with Crippen LogP contribution in [0.15, 0.2) is 46.0 Å². The van der Waals surface area contributed by atoms with Gasteiger partial charge in [-0.1, -0.05) is 12.1 Å². The second-order valence-electron chi connectivity index (χ2n) is 5.30. The summed E-state index contributed by atoms with van der Waals surface area (Å²) in [6.07, 6.45) is 1.33. The number of nitro benzene ring substituents is 1. The summed E-state index contributed by atoms with van der Waals surface area (Å²) >= 11 is 3.10. The van der Waals surface area contributed by atoms with Gasteiger partial charge in [0.15, 0.2) is 6.61 Å². The molecule has 0 bridgehead atoms. The van der Waals surface area contributed by atoms with E-state index in [1.165, 1.54) is 12.3 Å². The van der Waals surface area contributed by atoms with Crippen LogP contribution in [0.1, 0.15) is 16.7 Å². The Balaban J connectivity index is 1.89. The number of hydrogen-bond donors (Lipinski definition) is 1. The highest BCUT2D eigenvalue weighted by atomic mass is 79.9. The molecule has 1 amide bonds. The van der Waals surface area contributed by atoms with E-state index in [1.54, 1.807) is 18.2 Å². The van der Waals surface area contributed by atoms with Gasteiger partial charge in [0.2, 0.25) is 0 Å². The minimum atomic E-state index is -0.503. The molecule has 130 valence electrons. The van der Waals surface area contributed by atoms with E-state index in [9.17, 15) is 14.9 Å². The van der Waals surface area contributed by atoms with Gasteiger partial charge >= 0.3 is 0 Å². The number of nitro groups is 1. The van der Waals surface area contributed by atoms with Gasteiger partial charge in [-0.3, -0.25) is 14.9 Å². The quantitative estimate of drug-likeness (QED) is 0.451. The summed E-state index contributed by atoms with van der Waals surface area (Å²) in [7, 11) is 0. The van der Waals surface area contributed by atoms with E-state index in [1.807, 2.05) is 26.0 Å². The van der Waals surface area contributed by atoms with Gasteiger partial charge in [-0.2, -0.15) is 5.10 Å². The van der Waals surface area contributed by atoms with E-state index >= 15 is 0 Å². The Labute approximate surface area is 153 Å². The average Bonchev–Trinajstić information content (AvgIpc) is 2.57. The first-order valence-electron chi connectivity index (χ1n) is 7.32. The molecule has 0 atom stereocenters. The number of halogens is 1. The number of benzene rings is 2. The molecule has 25 heavy (non-hydrogen) atoms. The fraction of sp³-hybridized carbons (Fsp3) is 0.176. The molecule has 0 heterocycles. The molecule has 2 rings (SSSR count). The van der Waals surface area contributed by atoms with E-state index in [2.05, 4.69) is 26.5 Å². The first kappa shape index (κ1) is 18.6. The minimum Gasteiger partial charge on any atom is -0.484 e. The number of rotatable bonds is 6. The van der Waals surface area contributed by atoms with Crippen LogP contribution in [0.25, 0.3) is 0 Å². The van der Waals surface area contributed by atoms with E-state index in [0.29, 0.717) is 15.8 Å². The number of nitrogens with zero attached hydrogens (tertiary/aromatic N) is 2. The molecule has 0 radical (unpaired) electrons. The van der Waals surface area contributed by atoms with Crippen molar-refractivity contribution in [1.29, 1.82) is 0 Å². The summed E-state index contributed by atoms with van der Waals surface area (Å²) < 4.78 is 5.77. The molecular weight excluding hydrogens is 390 g/mol. The topological polar surface area (TPSA) is 93.8 Å². The maximum absolute atomic E-state index is 11.7. The lowest BCUT2D eigenvalue weighted by Gasteiger charge is -2.07. The number of hydrazone groups is 1. The van der Waals surface area contributed by atoms with Crippen LogP contribution in [0.5, 0.6) is 5.75 Å². The molecule has 2 aromatic rings. The third-order valence-electron chi connectivity index (χ3n) is 3.42. The van der Waals surface area contributed by atoms with Crippen molar-refractivity contribution in [2.75, 3.05) is 6.61 Å². The van der Waals surface area contributed by atoms with Gasteiger partial charge < -0.3 is 4.74 Å². The summed E-state index contributed by atoms with van der Waals surface area (Å²) in [4.78, 5) is 22.1. The van der Waals surface area contributed by atoms with Crippen molar-refractivity contribution in [3.05, 3.63) is 67.7 Å². The van der Waals surface area contributed by atoms with Crippen molar-refractivity contribution in [2.24, 2.45) is 5.10 Å². The monoisotopic (exact) mass is 405 g/mol. The number of amides is 1. The average molecular weight is 406 g/mol. The summed E-state index contributed by atoms with van der Waals surface area (Å²) in [6, 6.07) is 10.1. The fourth-order valence-corrected chi connectivity index (χ4v) is 2.30. The Morgan fingerprint density at radius 3 is 2.72 bits per heavy atom. The van der Waals surface area contributed by atoms with Gasteiger partial charge in [-0.25, -0.2) is 5.43 Å². The third kappa shape index (κ3) is 5.39. The Morgan fingerprint density at radius 1 is 1.28 bits per heavy atom. The molecule has 0 aliphatic heterocycles. The van der Waals surface area contributed by atoms with Crippen LogP contribution >= 0.6 is 15.9 Å². The highest BCUT2D eigenvalue weighted by molar-refractivity contribution is 9.10. The van der Waals surface area contributed by atoms with Crippen LogP contribution in [0.4, 0.5) is 5.69 Å². The Kier molecular flexibility index (Phi) is 6.24. The lowest BCUT2D eigenvalue weighted by Crippen LogP contribution is -2.24. The molecule has 0 fully saturated rings. The summed E-state index contributed by atoms with van der Waals surface area (Å²) in [5.41, 5.74) is 4.95. The van der Waals surface area contributed by atoms with Gasteiger partial charge in [0.1, 0.15) is 5.75 Å². The second-order valence-corrected chi connectivity index (χ2v) is 6.15. The standard InChI is InChI=1S/C17H16BrN3O4/c1-11-3-5-14(7-12(11)2)25-10-17(22)20-19-9-13-4-6-15(18)16(8-13)21(23)24/h3-9H,10H2,1-2H3,(H,20,22)/b19-9+. The maximum atomic E-state index is 11.7. The lowest BCUT2D eigenvalue weighted by atomic mass is 10.1. The first-order chi connectivity index (χ1) is 11.9. The first-order valence-corrected chi connectivity index (χ1v) is 8.12. The molecular formula is C17H16BrN3O4. The van der Waals surface area contributed by atoms with E-state index in [4.69, 9.17) is 4.74 Å². The van der Waals surface area contributed by atoms with Crippen molar-refractivity contribution in [3.8, 4) is 5.75 Å². The summed E-state index contributed by atoms with van der Waals surface area (Å²) in [6.45, 7) is 3.78. The third-order valence-corrected chi connectivity index (χ3v) is 4.09. The summed E-state index contributed by atoms with van der Waals surface area (Å²) in [5.74, 6) is 0.173. The van der Waals surface area contributed by atoms with Crippen LogP contribution in [0.2, 0.25) is 0 Å². The van der Waals surface area contributed by atoms with Crippen LogP contribution in [0.3, 0.4) is 0 Å². The zero-order valence-electron chi connectivity index (χ0n) is 13.7. The molecule has 0 aliphatic carbocycles. The molecule has 7 nitrogen and oxygen atoms in total. The minimum absolute atomic E-state index is 0.0756. The summed E-state index contributed by atoms with van der Waals surface area (Å²) in [5, 5.41) is 14.6. The molecule has 1 N–H and O–H groups in total. The van der Waals surface area contributed by atoms with Crippen molar-refractivity contribution in [3.63, 3.8) is 0 Å². The predicted octanol–water partition coefficient (Wildman–Crippen LogP) is 3.50. The number of hydrogen-bond acceptors (Lipinski definition) is 5. The van der Waals surface area contributed by atoms with E-state index in [-0.39, 0.29) is 12.3 Å². The fourth-order valence-electron chi connectivity index (χ4n) is 1.91. The number of ether oxygens (including phenoxy) is 1. The SMILES string of the molecule is Cc1ccc(OCC(=O)N/N=C/c2ccc(Br)c([N+](=O)[O-])c2)cc1C.